The molecule has 2 aromatic rings. The molecule has 1 nitrogen and oxygen atoms in total. The zero-order chi connectivity index (χ0) is 24.6. The Kier molecular flexibility index (Phi) is 6.97. The molecule has 8 heteroatoms. The summed E-state index contributed by atoms with van der Waals surface area (Å²) < 4.78 is 99.5. The van der Waals surface area contributed by atoms with Crippen LogP contribution in [0.4, 0.5) is 30.7 Å². The van der Waals surface area contributed by atoms with E-state index in [0.29, 0.717) is 41.5 Å². The van der Waals surface area contributed by atoms with Crippen molar-refractivity contribution >= 4 is 0 Å². The van der Waals surface area contributed by atoms with Crippen molar-refractivity contribution in [1.82, 2.24) is 0 Å². The molecule has 0 bridgehead atoms. The van der Waals surface area contributed by atoms with Gasteiger partial charge in [0.1, 0.15) is 11.6 Å². The quantitative estimate of drug-likeness (QED) is 0.304. The zero-order valence-electron chi connectivity index (χ0n) is 18.6. The highest BCUT2D eigenvalue weighted by Crippen LogP contribution is 2.50. The molecule has 3 atom stereocenters. The van der Waals surface area contributed by atoms with Gasteiger partial charge in [-0.2, -0.15) is 0 Å². The third-order valence-electron chi connectivity index (χ3n) is 7.09. The van der Waals surface area contributed by atoms with Crippen molar-refractivity contribution in [1.29, 1.82) is 0 Å². The number of halogens is 7. The molecular formula is C26H25F7O. The Morgan fingerprint density at radius 2 is 1.68 bits per heavy atom. The standard InChI is InChI=1S/C26H25F7O/c1-2-3-4-5-14-6-8-17-15(10-14)7-9-18-19(17)13-20(27)23(24(18)30)16-11-21(28)25(22(29)12-16)34-26(31,32)33/h2-3,11-15,17H,4-10H2,1H3/b3-2+/t14-,15-,17+/m1/s1. The molecule has 1 fully saturated rings. The third-order valence-corrected chi connectivity index (χ3v) is 7.09. The lowest BCUT2D eigenvalue weighted by Gasteiger charge is -2.41. The first kappa shape index (κ1) is 24.6. The lowest BCUT2D eigenvalue weighted by Crippen LogP contribution is -2.29. The van der Waals surface area contributed by atoms with E-state index in [0.717, 1.165) is 38.5 Å². The van der Waals surface area contributed by atoms with Gasteiger partial charge in [-0.25, -0.2) is 17.6 Å². The lowest BCUT2D eigenvalue weighted by molar-refractivity contribution is -0.276. The van der Waals surface area contributed by atoms with Gasteiger partial charge in [0, 0.05) is 0 Å². The molecule has 0 heterocycles. The lowest BCUT2D eigenvalue weighted by atomic mass is 9.64. The van der Waals surface area contributed by atoms with E-state index >= 15 is 8.78 Å². The second kappa shape index (κ2) is 9.62. The first-order valence-electron chi connectivity index (χ1n) is 11.5. The van der Waals surface area contributed by atoms with Crippen molar-refractivity contribution in [3.05, 3.63) is 64.7 Å². The molecule has 0 N–H and O–H groups in total. The zero-order valence-corrected chi connectivity index (χ0v) is 18.6. The molecule has 0 unspecified atom stereocenters. The second-order valence-electron chi connectivity index (χ2n) is 9.16. The van der Waals surface area contributed by atoms with E-state index in [2.05, 4.69) is 10.8 Å². The highest BCUT2D eigenvalue weighted by molar-refractivity contribution is 5.68. The van der Waals surface area contributed by atoms with Gasteiger partial charge < -0.3 is 4.74 Å². The second-order valence-corrected chi connectivity index (χ2v) is 9.16. The van der Waals surface area contributed by atoms with E-state index in [-0.39, 0.29) is 5.92 Å². The van der Waals surface area contributed by atoms with Gasteiger partial charge in [0.15, 0.2) is 11.6 Å². The van der Waals surface area contributed by atoms with Gasteiger partial charge in [-0.15, -0.1) is 13.2 Å². The van der Waals surface area contributed by atoms with E-state index in [1.54, 1.807) is 0 Å². The number of alkyl halides is 3. The molecule has 1 saturated carbocycles. The number of rotatable bonds is 5. The predicted molar refractivity (Wildman–Crippen MR) is 114 cm³/mol. The molecule has 4 rings (SSSR count). The SMILES string of the molecule is C/C=C/CC[C@@H]1CC[C@@H]2c3cc(F)c(-c4cc(F)c(OC(F)(F)F)c(F)c4)c(F)c3CC[C@@H]2C1. The topological polar surface area (TPSA) is 9.23 Å². The minimum Gasteiger partial charge on any atom is -0.399 e. The number of hydrogen-bond donors (Lipinski definition) is 0. The summed E-state index contributed by atoms with van der Waals surface area (Å²) >= 11 is 0. The first-order chi connectivity index (χ1) is 16.1. The highest BCUT2D eigenvalue weighted by Gasteiger charge is 2.38. The van der Waals surface area contributed by atoms with Gasteiger partial charge in [0.2, 0.25) is 5.75 Å². The maximum absolute atomic E-state index is 15.5. The number of benzene rings is 2. The Morgan fingerprint density at radius 3 is 2.32 bits per heavy atom. The Morgan fingerprint density at radius 1 is 0.971 bits per heavy atom. The summed E-state index contributed by atoms with van der Waals surface area (Å²) in [6, 6.07) is 2.15. The van der Waals surface area contributed by atoms with Crippen LogP contribution >= 0.6 is 0 Å². The van der Waals surface area contributed by atoms with Crippen molar-refractivity contribution in [3.8, 4) is 16.9 Å². The summed E-state index contributed by atoms with van der Waals surface area (Å²) in [7, 11) is 0. The van der Waals surface area contributed by atoms with Gasteiger partial charge in [-0.05, 0) is 105 Å². The average molecular weight is 486 g/mol. The smallest absolute Gasteiger partial charge is 0.399 e. The largest absolute Gasteiger partial charge is 0.573 e. The summed E-state index contributed by atoms with van der Waals surface area (Å²) in [5.74, 6) is -6.02. The number of allylic oxidation sites excluding steroid dienone is 2. The van der Waals surface area contributed by atoms with Crippen molar-refractivity contribution in [2.45, 2.75) is 64.1 Å². The van der Waals surface area contributed by atoms with Crippen LogP contribution in [0.1, 0.15) is 62.5 Å². The molecule has 0 aliphatic heterocycles. The average Bonchev–Trinajstić information content (AvgIpc) is 2.75. The highest BCUT2D eigenvalue weighted by atomic mass is 19.4. The Hall–Kier alpha value is -2.51. The number of ether oxygens (including phenoxy) is 1. The molecule has 0 radical (unpaired) electrons. The summed E-state index contributed by atoms with van der Waals surface area (Å²) in [6.45, 7) is 1.99. The normalized spacial score (nSPS) is 22.5. The van der Waals surface area contributed by atoms with E-state index < -0.39 is 46.5 Å². The predicted octanol–water partition coefficient (Wildman–Crippen LogP) is 8.61. The van der Waals surface area contributed by atoms with Gasteiger partial charge in [-0.1, -0.05) is 12.2 Å². The molecule has 2 aromatic carbocycles. The van der Waals surface area contributed by atoms with E-state index in [9.17, 15) is 22.0 Å². The Balaban J connectivity index is 1.64. The van der Waals surface area contributed by atoms with Crippen LogP contribution in [0.25, 0.3) is 11.1 Å². The van der Waals surface area contributed by atoms with Crippen LogP contribution in [0.3, 0.4) is 0 Å². The van der Waals surface area contributed by atoms with Crippen LogP contribution in [-0.4, -0.2) is 6.36 Å². The minimum atomic E-state index is -5.31. The Bertz CT molecular complexity index is 1070. The summed E-state index contributed by atoms with van der Waals surface area (Å²) in [5, 5.41) is 0. The van der Waals surface area contributed by atoms with Gasteiger partial charge in [0.05, 0.1) is 5.56 Å². The van der Waals surface area contributed by atoms with Gasteiger partial charge >= 0.3 is 6.36 Å². The molecule has 0 saturated heterocycles. The maximum Gasteiger partial charge on any atom is 0.573 e. The summed E-state index contributed by atoms with van der Waals surface area (Å²) in [6.07, 6.45) is 4.87. The van der Waals surface area contributed by atoms with Gasteiger partial charge in [-0.3, -0.25) is 0 Å². The van der Waals surface area contributed by atoms with Crippen molar-refractivity contribution < 1.29 is 35.5 Å². The summed E-state index contributed by atoms with van der Waals surface area (Å²) in [4.78, 5) is 0. The van der Waals surface area contributed by atoms with Crippen LogP contribution in [0.2, 0.25) is 0 Å². The van der Waals surface area contributed by atoms with Crippen molar-refractivity contribution in [3.63, 3.8) is 0 Å². The fourth-order valence-corrected chi connectivity index (χ4v) is 5.63. The van der Waals surface area contributed by atoms with Gasteiger partial charge in [0.25, 0.3) is 0 Å². The van der Waals surface area contributed by atoms with E-state index in [4.69, 9.17) is 0 Å². The third kappa shape index (κ3) is 4.96. The van der Waals surface area contributed by atoms with Crippen molar-refractivity contribution in [2.24, 2.45) is 11.8 Å². The molecule has 184 valence electrons. The summed E-state index contributed by atoms with van der Waals surface area (Å²) in [5.41, 5.74) is -0.243. The maximum atomic E-state index is 15.5. The fourth-order valence-electron chi connectivity index (χ4n) is 5.63. The molecule has 0 amide bonds. The molecular weight excluding hydrogens is 461 g/mol. The van der Waals surface area contributed by atoms with Crippen LogP contribution in [0.15, 0.2) is 30.4 Å². The Labute approximate surface area is 193 Å². The van der Waals surface area contributed by atoms with E-state index in [1.807, 2.05) is 13.0 Å². The van der Waals surface area contributed by atoms with Crippen molar-refractivity contribution in [2.75, 3.05) is 0 Å². The molecule has 0 spiro atoms. The van der Waals surface area contributed by atoms with Crippen LogP contribution in [0, 0.1) is 35.1 Å². The first-order valence-corrected chi connectivity index (χ1v) is 11.5. The molecule has 2 aliphatic carbocycles. The molecule has 0 aromatic heterocycles. The molecule has 34 heavy (non-hydrogen) atoms. The molecule has 2 aliphatic rings. The minimum absolute atomic E-state index is 0.0239. The van der Waals surface area contributed by atoms with E-state index in [1.165, 1.54) is 6.07 Å². The fraction of sp³-hybridized carbons (Fsp3) is 0.462. The van der Waals surface area contributed by atoms with Crippen LogP contribution < -0.4 is 4.74 Å². The van der Waals surface area contributed by atoms with Crippen LogP contribution in [-0.2, 0) is 6.42 Å². The monoisotopic (exact) mass is 486 g/mol. The number of fused-ring (bicyclic) bond motifs is 3. The number of hydrogen-bond acceptors (Lipinski definition) is 1. The van der Waals surface area contributed by atoms with Crippen LogP contribution in [0.5, 0.6) is 5.75 Å².